The molecular weight excluding hydrogens is 318 g/mol. The third kappa shape index (κ3) is 5.95. The second-order valence-corrected chi connectivity index (χ2v) is 8.60. The lowest BCUT2D eigenvalue weighted by Crippen LogP contribution is -2.52. The van der Waals surface area contributed by atoms with Crippen LogP contribution in [0.3, 0.4) is 0 Å². The van der Waals surface area contributed by atoms with Crippen molar-refractivity contribution in [2.75, 3.05) is 39.3 Å². The summed E-state index contributed by atoms with van der Waals surface area (Å²) in [5.41, 5.74) is 0. The molecule has 2 saturated heterocycles. The first-order valence-electron chi connectivity index (χ1n) is 8.54. The first-order valence-corrected chi connectivity index (χ1v) is 9.98. The number of rotatable bonds is 6. The molecule has 2 fully saturated rings. The second-order valence-electron chi connectivity index (χ2n) is 6.84. The number of ether oxygens (including phenoxy) is 2. The fourth-order valence-electron chi connectivity index (χ4n) is 3.39. The van der Waals surface area contributed by atoms with Gasteiger partial charge in [0.2, 0.25) is 0 Å². The van der Waals surface area contributed by atoms with Crippen molar-refractivity contribution in [1.82, 2.24) is 13.9 Å². The molecule has 23 heavy (non-hydrogen) atoms. The van der Waals surface area contributed by atoms with E-state index in [9.17, 15) is 8.42 Å². The standard InChI is InChI=1S/C15H31N3O4S/c1-12-8-17(9-13(2)21-12)7-5-6-16-23(19,20)18-10-14(3)22-15(4)11-18/h12-16H,5-11H2,1-4H3. The summed E-state index contributed by atoms with van der Waals surface area (Å²) in [7, 11) is -3.41. The quantitative estimate of drug-likeness (QED) is 0.704. The summed E-state index contributed by atoms with van der Waals surface area (Å²) in [4.78, 5) is 2.34. The number of nitrogens with zero attached hydrogens (tertiary/aromatic N) is 2. The lowest BCUT2D eigenvalue weighted by molar-refractivity contribution is -0.0679. The average molecular weight is 349 g/mol. The summed E-state index contributed by atoms with van der Waals surface area (Å²) in [6.45, 7) is 12.0. The van der Waals surface area contributed by atoms with E-state index in [0.717, 1.165) is 26.1 Å². The molecule has 0 aromatic carbocycles. The largest absolute Gasteiger partial charge is 0.373 e. The van der Waals surface area contributed by atoms with Gasteiger partial charge in [0.15, 0.2) is 0 Å². The highest BCUT2D eigenvalue weighted by atomic mass is 32.2. The Morgan fingerprint density at radius 2 is 1.39 bits per heavy atom. The van der Waals surface area contributed by atoms with Crippen LogP contribution in [0, 0.1) is 0 Å². The highest BCUT2D eigenvalue weighted by Crippen LogP contribution is 2.14. The van der Waals surface area contributed by atoms with Crippen molar-refractivity contribution in [1.29, 1.82) is 0 Å². The molecule has 0 spiro atoms. The van der Waals surface area contributed by atoms with Crippen LogP contribution in [0.25, 0.3) is 0 Å². The van der Waals surface area contributed by atoms with Crippen molar-refractivity contribution in [2.24, 2.45) is 0 Å². The van der Waals surface area contributed by atoms with Gasteiger partial charge in [-0.3, -0.25) is 4.90 Å². The fourth-order valence-corrected chi connectivity index (χ4v) is 4.79. The molecule has 0 aromatic heterocycles. The molecule has 4 unspecified atom stereocenters. The van der Waals surface area contributed by atoms with Crippen LogP contribution in [0.5, 0.6) is 0 Å². The zero-order valence-corrected chi connectivity index (χ0v) is 15.5. The van der Waals surface area contributed by atoms with Crippen molar-refractivity contribution in [3.8, 4) is 0 Å². The minimum Gasteiger partial charge on any atom is -0.373 e. The van der Waals surface area contributed by atoms with Crippen LogP contribution in [0.4, 0.5) is 0 Å². The molecule has 0 aromatic rings. The molecule has 7 nitrogen and oxygen atoms in total. The molecule has 0 aliphatic carbocycles. The Labute approximate surface area is 140 Å². The summed E-state index contributed by atoms with van der Waals surface area (Å²) in [5.74, 6) is 0. The molecule has 2 aliphatic rings. The Balaban J connectivity index is 1.72. The van der Waals surface area contributed by atoms with Gasteiger partial charge in [0, 0.05) is 32.7 Å². The van der Waals surface area contributed by atoms with E-state index >= 15 is 0 Å². The van der Waals surface area contributed by atoms with Crippen molar-refractivity contribution in [2.45, 2.75) is 58.5 Å². The SMILES string of the molecule is CC1CN(CCCNS(=O)(=O)N2CC(C)OC(C)C2)CC(C)O1. The van der Waals surface area contributed by atoms with E-state index in [1.54, 1.807) is 0 Å². The van der Waals surface area contributed by atoms with Crippen LogP contribution >= 0.6 is 0 Å². The summed E-state index contributed by atoms with van der Waals surface area (Å²) in [6.07, 6.45) is 1.16. The first-order chi connectivity index (χ1) is 10.8. The van der Waals surface area contributed by atoms with E-state index < -0.39 is 10.2 Å². The van der Waals surface area contributed by atoms with Crippen LogP contribution in [0.15, 0.2) is 0 Å². The van der Waals surface area contributed by atoms with Gasteiger partial charge in [0.05, 0.1) is 24.4 Å². The summed E-state index contributed by atoms with van der Waals surface area (Å²) in [6, 6.07) is 0. The molecule has 2 rings (SSSR count). The van der Waals surface area contributed by atoms with Crippen molar-refractivity contribution >= 4 is 10.2 Å². The van der Waals surface area contributed by atoms with Crippen LogP contribution < -0.4 is 4.72 Å². The first kappa shape index (κ1) is 19.1. The van der Waals surface area contributed by atoms with Crippen molar-refractivity contribution < 1.29 is 17.9 Å². The molecule has 0 radical (unpaired) electrons. The number of hydrogen-bond acceptors (Lipinski definition) is 5. The molecule has 0 bridgehead atoms. The Kier molecular flexibility index (Phi) is 6.82. The van der Waals surface area contributed by atoms with E-state index in [4.69, 9.17) is 9.47 Å². The maximum absolute atomic E-state index is 12.4. The molecule has 1 N–H and O–H groups in total. The Morgan fingerprint density at radius 1 is 0.913 bits per heavy atom. The van der Waals surface area contributed by atoms with Gasteiger partial charge in [-0.05, 0) is 40.7 Å². The molecule has 0 saturated carbocycles. The normalized spacial score (nSPS) is 34.6. The summed E-state index contributed by atoms with van der Waals surface area (Å²) in [5, 5.41) is 0. The zero-order valence-electron chi connectivity index (χ0n) is 14.7. The Bertz CT molecular complexity index is 453. The lowest BCUT2D eigenvalue weighted by atomic mass is 10.2. The predicted octanol–water partition coefficient (Wildman–Crippen LogP) is 0.429. The van der Waals surface area contributed by atoms with Gasteiger partial charge >= 0.3 is 0 Å². The molecular formula is C15H31N3O4S. The van der Waals surface area contributed by atoms with Crippen LogP contribution in [-0.4, -0.2) is 81.3 Å². The van der Waals surface area contributed by atoms with Gasteiger partial charge < -0.3 is 9.47 Å². The minimum absolute atomic E-state index is 0.0633. The average Bonchev–Trinajstić information content (AvgIpc) is 2.41. The molecule has 2 aliphatic heterocycles. The van der Waals surface area contributed by atoms with Gasteiger partial charge in [0.25, 0.3) is 10.2 Å². The minimum atomic E-state index is -3.41. The maximum atomic E-state index is 12.4. The topological polar surface area (TPSA) is 71.1 Å². The lowest BCUT2D eigenvalue weighted by Gasteiger charge is -2.35. The van der Waals surface area contributed by atoms with Gasteiger partial charge in [-0.2, -0.15) is 12.7 Å². The molecule has 136 valence electrons. The second kappa shape index (κ2) is 8.22. The van der Waals surface area contributed by atoms with Gasteiger partial charge in [-0.15, -0.1) is 0 Å². The van der Waals surface area contributed by atoms with E-state index in [-0.39, 0.29) is 24.4 Å². The zero-order chi connectivity index (χ0) is 17.0. The van der Waals surface area contributed by atoms with E-state index in [1.165, 1.54) is 4.31 Å². The smallest absolute Gasteiger partial charge is 0.279 e. The third-order valence-electron chi connectivity index (χ3n) is 4.16. The maximum Gasteiger partial charge on any atom is 0.279 e. The van der Waals surface area contributed by atoms with Crippen LogP contribution in [0.1, 0.15) is 34.1 Å². The molecule has 4 atom stereocenters. The van der Waals surface area contributed by atoms with Gasteiger partial charge in [-0.1, -0.05) is 0 Å². The Morgan fingerprint density at radius 3 is 1.91 bits per heavy atom. The van der Waals surface area contributed by atoms with Gasteiger partial charge in [0.1, 0.15) is 0 Å². The molecule has 8 heteroatoms. The third-order valence-corrected chi connectivity index (χ3v) is 5.70. The van der Waals surface area contributed by atoms with E-state index in [2.05, 4.69) is 23.5 Å². The van der Waals surface area contributed by atoms with E-state index in [1.807, 2.05) is 13.8 Å². The van der Waals surface area contributed by atoms with Crippen LogP contribution in [0.2, 0.25) is 0 Å². The van der Waals surface area contributed by atoms with Crippen molar-refractivity contribution in [3.05, 3.63) is 0 Å². The predicted molar refractivity (Wildman–Crippen MR) is 89.6 cm³/mol. The molecule has 0 amide bonds. The highest BCUT2D eigenvalue weighted by molar-refractivity contribution is 7.87. The van der Waals surface area contributed by atoms with Gasteiger partial charge in [-0.25, -0.2) is 4.72 Å². The van der Waals surface area contributed by atoms with Crippen LogP contribution in [-0.2, 0) is 19.7 Å². The monoisotopic (exact) mass is 349 g/mol. The number of nitrogens with one attached hydrogen (secondary N) is 1. The summed E-state index contributed by atoms with van der Waals surface area (Å²) >= 11 is 0. The fraction of sp³-hybridized carbons (Fsp3) is 1.00. The number of hydrogen-bond donors (Lipinski definition) is 1. The van der Waals surface area contributed by atoms with E-state index in [0.29, 0.717) is 19.6 Å². The summed E-state index contributed by atoms with van der Waals surface area (Å²) < 4.78 is 40.2. The van der Waals surface area contributed by atoms with Crippen molar-refractivity contribution in [3.63, 3.8) is 0 Å². The Hall–Kier alpha value is -0.250. The molecule has 2 heterocycles. The highest BCUT2D eigenvalue weighted by Gasteiger charge is 2.30. The number of morpholine rings is 2.